The first-order valence-electron chi connectivity index (χ1n) is 12.0. The summed E-state index contributed by atoms with van der Waals surface area (Å²) in [5.74, 6) is 0.408. The topological polar surface area (TPSA) is 82.5 Å². The van der Waals surface area contributed by atoms with Crippen LogP contribution in [0.3, 0.4) is 0 Å². The van der Waals surface area contributed by atoms with E-state index >= 15 is 0 Å². The van der Waals surface area contributed by atoms with Gasteiger partial charge in [-0.3, -0.25) is 14.2 Å². The van der Waals surface area contributed by atoms with Crippen LogP contribution in [-0.4, -0.2) is 35.4 Å². The number of halogens is 4. The number of amides is 1. The molecule has 0 fully saturated rings. The molecule has 7 nitrogen and oxygen atoms in total. The molecule has 1 N–H and O–H groups in total. The van der Waals surface area contributed by atoms with E-state index < -0.39 is 11.7 Å². The molecule has 12 heteroatoms. The molecule has 0 unspecified atom stereocenters. The molecule has 4 aromatic rings. The fourth-order valence-electron chi connectivity index (χ4n) is 3.97. The summed E-state index contributed by atoms with van der Waals surface area (Å²) in [5.41, 5.74) is 1.50. The van der Waals surface area contributed by atoms with Crippen LogP contribution in [0.1, 0.15) is 16.7 Å². The highest BCUT2D eigenvalue weighted by atomic mass is 79.9. The van der Waals surface area contributed by atoms with Crippen LogP contribution in [0.4, 0.5) is 18.9 Å². The maximum absolute atomic E-state index is 13.6. The molecule has 210 valence electrons. The van der Waals surface area contributed by atoms with Crippen molar-refractivity contribution in [3.8, 4) is 11.5 Å². The Labute approximate surface area is 240 Å². The number of aryl methyl sites for hydroxylation is 2. The third-order valence-corrected chi connectivity index (χ3v) is 7.69. The molecule has 0 saturated carbocycles. The van der Waals surface area contributed by atoms with Crippen molar-refractivity contribution in [3.05, 3.63) is 86.1 Å². The highest BCUT2D eigenvalue weighted by Crippen LogP contribution is 2.32. The fraction of sp³-hybridized carbons (Fsp3) is 0.250. The summed E-state index contributed by atoms with van der Waals surface area (Å²) in [5, 5.41) is 3.40. The summed E-state index contributed by atoms with van der Waals surface area (Å²) >= 11 is 4.52. The predicted molar refractivity (Wildman–Crippen MR) is 152 cm³/mol. The Hall–Kier alpha value is -3.51. The highest BCUT2D eigenvalue weighted by Gasteiger charge is 2.30. The van der Waals surface area contributed by atoms with Gasteiger partial charge in [0.2, 0.25) is 5.91 Å². The molecule has 40 heavy (non-hydrogen) atoms. The van der Waals surface area contributed by atoms with Crippen LogP contribution in [0.25, 0.3) is 10.9 Å². The second-order valence-corrected chi connectivity index (χ2v) is 10.6. The Balaban J connectivity index is 1.64. The Kier molecular flexibility index (Phi) is 9.09. The summed E-state index contributed by atoms with van der Waals surface area (Å²) in [6, 6.07) is 13.5. The van der Waals surface area contributed by atoms with Gasteiger partial charge in [-0.05, 0) is 70.7 Å². The molecule has 0 bridgehead atoms. The number of hydrogen-bond donors (Lipinski definition) is 1. The van der Waals surface area contributed by atoms with E-state index in [1.165, 1.54) is 37.0 Å². The van der Waals surface area contributed by atoms with E-state index in [9.17, 15) is 22.8 Å². The zero-order valence-corrected chi connectivity index (χ0v) is 24.2. The monoisotopic (exact) mass is 635 g/mol. The molecule has 1 amide bonds. The zero-order chi connectivity index (χ0) is 29.0. The summed E-state index contributed by atoms with van der Waals surface area (Å²) in [6.07, 6.45) is -4.16. The number of nitrogens with zero attached hydrogens (tertiary/aromatic N) is 2. The number of hydrogen-bond acceptors (Lipinski definition) is 6. The maximum Gasteiger partial charge on any atom is 0.416 e. The summed E-state index contributed by atoms with van der Waals surface area (Å²) < 4.78 is 51.7. The number of carbonyl (C=O) groups excluding carboxylic acids is 1. The number of nitrogens with one attached hydrogen (secondary N) is 1. The number of benzene rings is 3. The number of fused-ring (bicyclic) bond motifs is 1. The number of carbonyl (C=O) groups is 1. The molecular weight excluding hydrogens is 611 g/mol. The van der Waals surface area contributed by atoms with Gasteiger partial charge in [0.15, 0.2) is 16.7 Å². The van der Waals surface area contributed by atoms with Gasteiger partial charge in [-0.2, -0.15) is 13.2 Å². The highest BCUT2D eigenvalue weighted by molar-refractivity contribution is 9.10. The molecule has 0 atom stereocenters. The number of anilines is 1. The van der Waals surface area contributed by atoms with Gasteiger partial charge < -0.3 is 14.8 Å². The van der Waals surface area contributed by atoms with Crippen molar-refractivity contribution in [2.45, 2.75) is 31.2 Å². The minimum atomic E-state index is -4.43. The van der Waals surface area contributed by atoms with E-state index in [4.69, 9.17) is 9.47 Å². The average Bonchev–Trinajstić information content (AvgIpc) is 2.92. The van der Waals surface area contributed by atoms with Gasteiger partial charge >= 0.3 is 6.18 Å². The lowest BCUT2D eigenvalue weighted by Gasteiger charge is -2.15. The molecule has 0 spiro atoms. The molecule has 1 aromatic heterocycles. The largest absolute Gasteiger partial charge is 0.493 e. The quantitative estimate of drug-likeness (QED) is 0.168. The van der Waals surface area contributed by atoms with Gasteiger partial charge in [-0.25, -0.2) is 4.98 Å². The average molecular weight is 636 g/mol. The molecule has 3 aromatic carbocycles. The lowest BCUT2D eigenvalue weighted by molar-refractivity contribution is -0.137. The zero-order valence-electron chi connectivity index (χ0n) is 21.8. The smallest absolute Gasteiger partial charge is 0.416 e. The van der Waals surface area contributed by atoms with Gasteiger partial charge in [-0.1, -0.05) is 30.0 Å². The minimum Gasteiger partial charge on any atom is -0.493 e. The van der Waals surface area contributed by atoms with E-state index in [0.717, 1.165) is 33.9 Å². The Bertz CT molecular complexity index is 1610. The van der Waals surface area contributed by atoms with Crippen molar-refractivity contribution in [3.63, 3.8) is 0 Å². The molecule has 0 saturated heterocycles. The SMILES string of the molecule is COc1cc2nc(SCC(=O)Nc3ccc(C)cc3Br)n(CCc3ccc(C(F)(F)F)cc3)c(=O)c2cc1OC. The van der Waals surface area contributed by atoms with Crippen LogP contribution in [0, 0.1) is 6.92 Å². The summed E-state index contributed by atoms with van der Waals surface area (Å²) in [6.45, 7) is 2.07. The van der Waals surface area contributed by atoms with Crippen molar-refractivity contribution < 1.29 is 27.4 Å². The van der Waals surface area contributed by atoms with E-state index in [1.807, 2.05) is 19.1 Å². The van der Waals surface area contributed by atoms with E-state index in [0.29, 0.717) is 28.3 Å². The Morgan fingerprint density at radius 1 is 1.05 bits per heavy atom. The van der Waals surface area contributed by atoms with Crippen molar-refractivity contribution in [1.29, 1.82) is 0 Å². The number of aromatic nitrogens is 2. The Morgan fingerprint density at radius 3 is 2.35 bits per heavy atom. The first-order chi connectivity index (χ1) is 19.0. The van der Waals surface area contributed by atoms with Crippen LogP contribution in [0.15, 0.2) is 69.0 Å². The maximum atomic E-state index is 13.6. The van der Waals surface area contributed by atoms with Crippen LogP contribution >= 0.6 is 27.7 Å². The van der Waals surface area contributed by atoms with Gasteiger partial charge in [0, 0.05) is 17.1 Å². The second-order valence-electron chi connectivity index (χ2n) is 8.84. The van der Waals surface area contributed by atoms with Gasteiger partial charge in [-0.15, -0.1) is 0 Å². The van der Waals surface area contributed by atoms with Crippen molar-refractivity contribution >= 4 is 50.2 Å². The third kappa shape index (κ3) is 6.79. The van der Waals surface area contributed by atoms with Crippen molar-refractivity contribution in [1.82, 2.24) is 9.55 Å². The van der Waals surface area contributed by atoms with Crippen LogP contribution in [-0.2, 0) is 23.9 Å². The summed E-state index contributed by atoms with van der Waals surface area (Å²) in [4.78, 5) is 31.0. The normalized spacial score (nSPS) is 11.5. The first kappa shape index (κ1) is 29.5. The van der Waals surface area contributed by atoms with Crippen LogP contribution in [0.5, 0.6) is 11.5 Å². The Morgan fingerprint density at radius 2 is 1.73 bits per heavy atom. The number of rotatable bonds is 9. The van der Waals surface area contributed by atoms with Crippen LogP contribution < -0.4 is 20.3 Å². The molecule has 0 aliphatic rings. The standard InChI is InChI=1S/C28H25BrF3N3O4S/c1-16-4-9-21(20(29)12-16)33-25(36)15-40-27-34-22-14-24(39-3)23(38-2)13-19(22)26(37)35(27)11-10-17-5-7-18(8-6-17)28(30,31)32/h4-9,12-14H,10-11,15H2,1-3H3,(H,33,36). The number of ether oxygens (including phenoxy) is 2. The van der Waals surface area contributed by atoms with Gasteiger partial charge in [0.1, 0.15) is 0 Å². The van der Waals surface area contributed by atoms with E-state index in [2.05, 4.69) is 26.2 Å². The lowest BCUT2D eigenvalue weighted by atomic mass is 10.1. The van der Waals surface area contributed by atoms with Gasteiger partial charge in [0.05, 0.1) is 42.1 Å². The second kappa shape index (κ2) is 12.3. The van der Waals surface area contributed by atoms with E-state index in [1.54, 1.807) is 12.1 Å². The predicted octanol–water partition coefficient (Wildman–Crippen LogP) is 6.48. The molecule has 0 aliphatic carbocycles. The molecule has 0 aliphatic heterocycles. The molecule has 4 rings (SSSR count). The fourth-order valence-corrected chi connectivity index (χ4v) is 5.39. The van der Waals surface area contributed by atoms with Gasteiger partial charge in [0.25, 0.3) is 5.56 Å². The molecular formula is C28H25BrF3N3O4S. The molecule has 1 heterocycles. The van der Waals surface area contributed by atoms with Crippen molar-refractivity contribution in [2.24, 2.45) is 0 Å². The first-order valence-corrected chi connectivity index (χ1v) is 13.8. The van der Waals surface area contributed by atoms with Crippen LogP contribution in [0.2, 0.25) is 0 Å². The minimum absolute atomic E-state index is 0.0359. The number of thioether (sulfide) groups is 1. The molecule has 0 radical (unpaired) electrons. The third-order valence-electron chi connectivity index (χ3n) is 6.06. The number of alkyl halides is 3. The van der Waals surface area contributed by atoms with Crippen molar-refractivity contribution in [2.75, 3.05) is 25.3 Å². The summed E-state index contributed by atoms with van der Waals surface area (Å²) in [7, 11) is 2.92. The number of methoxy groups -OCH3 is 2. The lowest BCUT2D eigenvalue weighted by Crippen LogP contribution is -2.25. The van der Waals surface area contributed by atoms with E-state index in [-0.39, 0.29) is 40.7 Å².